The van der Waals surface area contributed by atoms with Crippen LogP contribution in [0.2, 0.25) is 0 Å². The molecule has 4 rings (SSSR count). The van der Waals surface area contributed by atoms with Gasteiger partial charge < -0.3 is 10.2 Å². The van der Waals surface area contributed by atoms with Crippen molar-refractivity contribution in [3.63, 3.8) is 0 Å². The molecule has 2 heteroatoms. The Hall–Kier alpha value is -0.340. The minimum absolute atomic E-state index is 0.200. The molecule has 0 radical (unpaired) electrons. The van der Waals surface area contributed by atoms with Gasteiger partial charge in [-0.05, 0) is 91.3 Å². The van der Waals surface area contributed by atoms with Gasteiger partial charge in [0.25, 0.3) is 0 Å². The largest absolute Gasteiger partial charge is 0.393 e. The van der Waals surface area contributed by atoms with Crippen LogP contribution in [0.1, 0.15) is 98.8 Å². The summed E-state index contributed by atoms with van der Waals surface area (Å²) in [5.41, 5.74) is 1.99. The van der Waals surface area contributed by atoms with Crippen molar-refractivity contribution in [2.24, 2.45) is 46.3 Å². The summed E-state index contributed by atoms with van der Waals surface area (Å²) in [6.07, 6.45) is 13.9. The van der Waals surface area contributed by atoms with Gasteiger partial charge in [0.2, 0.25) is 0 Å². The monoisotopic (exact) mass is 402 g/mol. The average molecular weight is 403 g/mol. The van der Waals surface area contributed by atoms with E-state index in [2.05, 4.69) is 40.7 Å². The summed E-state index contributed by atoms with van der Waals surface area (Å²) in [4.78, 5) is 0. The molecule has 0 saturated heterocycles. The normalized spacial score (nSPS) is 47.9. The van der Waals surface area contributed by atoms with Gasteiger partial charge >= 0.3 is 0 Å². The van der Waals surface area contributed by atoms with Crippen LogP contribution >= 0.6 is 0 Å². The number of aliphatic hydroxyl groups excluding tert-OH is 2. The highest BCUT2D eigenvalue weighted by Gasteiger charge is 2.61. The van der Waals surface area contributed by atoms with Crippen molar-refractivity contribution < 1.29 is 10.2 Å². The Morgan fingerprint density at radius 3 is 2.45 bits per heavy atom. The van der Waals surface area contributed by atoms with E-state index in [1.807, 2.05) is 0 Å². The second-order valence-corrected chi connectivity index (χ2v) is 12.3. The molecular weight excluding hydrogens is 356 g/mol. The number of fused-ring (bicyclic) bond motifs is 5. The fraction of sp³-hybridized carbons (Fsp3) is 0.926. The first-order valence-corrected chi connectivity index (χ1v) is 12.7. The van der Waals surface area contributed by atoms with Gasteiger partial charge in [-0.25, -0.2) is 0 Å². The average Bonchev–Trinajstić information content (AvgIpc) is 3.00. The second kappa shape index (κ2) is 7.97. The maximum absolute atomic E-state index is 11.3. The predicted octanol–water partition coefficient (Wildman–Crippen LogP) is 6.36. The van der Waals surface area contributed by atoms with Crippen molar-refractivity contribution in [1.29, 1.82) is 0 Å². The van der Waals surface area contributed by atoms with Gasteiger partial charge in [-0.3, -0.25) is 0 Å². The molecule has 2 N–H and O–H groups in total. The molecule has 0 aromatic rings. The molecule has 0 heterocycles. The SMILES string of the molecule is CC(C)CCC[C@@H](C)[C@@H]1CC[C@H]2[C@@H]3[C@@H](O)C=C4C[C@@H](O)CC[C@]4(C)[C@H]3CC[C@@]21C. The van der Waals surface area contributed by atoms with Crippen molar-refractivity contribution in [2.75, 3.05) is 0 Å². The molecular formula is C27H46O2. The van der Waals surface area contributed by atoms with E-state index < -0.39 is 0 Å². The third kappa shape index (κ3) is 3.65. The molecule has 0 amide bonds. The van der Waals surface area contributed by atoms with Crippen LogP contribution in [0.25, 0.3) is 0 Å². The third-order valence-electron chi connectivity index (χ3n) is 10.3. The Labute approximate surface area is 179 Å². The van der Waals surface area contributed by atoms with Crippen LogP contribution in [-0.4, -0.2) is 22.4 Å². The lowest BCUT2D eigenvalue weighted by Crippen LogP contribution is -2.54. The van der Waals surface area contributed by atoms with Crippen LogP contribution in [-0.2, 0) is 0 Å². The molecule has 3 saturated carbocycles. The molecule has 4 aliphatic rings. The molecule has 0 bridgehead atoms. The summed E-state index contributed by atoms with van der Waals surface area (Å²) in [6, 6.07) is 0. The molecule has 3 fully saturated rings. The Kier molecular flexibility index (Phi) is 6.01. The van der Waals surface area contributed by atoms with Crippen molar-refractivity contribution in [1.82, 2.24) is 0 Å². The van der Waals surface area contributed by atoms with Crippen LogP contribution in [0.3, 0.4) is 0 Å². The van der Waals surface area contributed by atoms with Crippen LogP contribution in [0.5, 0.6) is 0 Å². The Bertz CT molecular complexity index is 624. The van der Waals surface area contributed by atoms with Gasteiger partial charge in [0.05, 0.1) is 12.2 Å². The Morgan fingerprint density at radius 2 is 1.72 bits per heavy atom. The van der Waals surface area contributed by atoms with Crippen LogP contribution in [0.15, 0.2) is 11.6 Å². The number of rotatable bonds is 5. The summed E-state index contributed by atoms with van der Waals surface area (Å²) >= 11 is 0. The van der Waals surface area contributed by atoms with Crippen molar-refractivity contribution >= 4 is 0 Å². The van der Waals surface area contributed by atoms with Crippen LogP contribution in [0.4, 0.5) is 0 Å². The zero-order valence-electron chi connectivity index (χ0n) is 19.7. The topological polar surface area (TPSA) is 40.5 Å². The maximum atomic E-state index is 11.3. The standard InChI is InChI=1S/C27H46O2/c1-17(2)7-6-8-18(3)21-9-10-22-25-23(12-14-27(21,22)5)26(4)13-11-20(28)15-19(26)16-24(25)29/h16-18,20-25,28-29H,6-15H2,1-5H3/t18-,20+,21+,22+,23+,24+,25+,26+,27-/m1/s1. The lowest BCUT2D eigenvalue weighted by molar-refractivity contribution is -0.0970. The van der Waals surface area contributed by atoms with Gasteiger partial charge in [-0.1, -0.05) is 65.5 Å². The quantitative estimate of drug-likeness (QED) is 0.525. The van der Waals surface area contributed by atoms with Gasteiger partial charge in [-0.15, -0.1) is 0 Å². The molecule has 29 heavy (non-hydrogen) atoms. The highest BCUT2D eigenvalue weighted by Crippen LogP contribution is 2.67. The first-order valence-electron chi connectivity index (χ1n) is 12.7. The fourth-order valence-electron chi connectivity index (χ4n) is 8.65. The summed E-state index contributed by atoms with van der Waals surface area (Å²) in [6.45, 7) is 12.2. The van der Waals surface area contributed by atoms with E-state index in [1.165, 1.54) is 50.5 Å². The zero-order chi connectivity index (χ0) is 21.0. The summed E-state index contributed by atoms with van der Waals surface area (Å²) < 4.78 is 0. The van der Waals surface area contributed by atoms with E-state index in [-0.39, 0.29) is 17.6 Å². The van der Waals surface area contributed by atoms with Crippen LogP contribution in [0, 0.1) is 46.3 Å². The highest BCUT2D eigenvalue weighted by molar-refractivity contribution is 5.27. The molecule has 0 aromatic carbocycles. The molecule has 0 aliphatic heterocycles. The van der Waals surface area contributed by atoms with Crippen molar-refractivity contribution in [3.05, 3.63) is 11.6 Å². The lowest BCUT2D eigenvalue weighted by atomic mass is 9.46. The van der Waals surface area contributed by atoms with E-state index in [4.69, 9.17) is 0 Å². The van der Waals surface area contributed by atoms with Gasteiger partial charge in [0, 0.05) is 0 Å². The smallest absolute Gasteiger partial charge is 0.0757 e. The molecule has 2 nitrogen and oxygen atoms in total. The molecule has 0 aromatic heterocycles. The zero-order valence-corrected chi connectivity index (χ0v) is 19.7. The van der Waals surface area contributed by atoms with Gasteiger partial charge in [0.1, 0.15) is 0 Å². The second-order valence-electron chi connectivity index (χ2n) is 12.3. The molecule has 0 unspecified atom stereocenters. The molecule has 4 aliphatic carbocycles. The minimum atomic E-state index is -0.298. The third-order valence-corrected chi connectivity index (χ3v) is 10.3. The van der Waals surface area contributed by atoms with E-state index in [0.717, 1.165) is 37.0 Å². The lowest BCUT2D eigenvalue weighted by Gasteiger charge is -2.59. The Morgan fingerprint density at radius 1 is 0.966 bits per heavy atom. The highest BCUT2D eigenvalue weighted by atomic mass is 16.3. The van der Waals surface area contributed by atoms with E-state index >= 15 is 0 Å². The van der Waals surface area contributed by atoms with E-state index in [9.17, 15) is 10.2 Å². The van der Waals surface area contributed by atoms with Crippen LogP contribution < -0.4 is 0 Å². The molecule has 166 valence electrons. The minimum Gasteiger partial charge on any atom is -0.393 e. The molecule has 9 atom stereocenters. The van der Waals surface area contributed by atoms with Gasteiger partial charge in [-0.2, -0.15) is 0 Å². The number of hydrogen-bond acceptors (Lipinski definition) is 2. The van der Waals surface area contributed by atoms with Gasteiger partial charge in [0.15, 0.2) is 0 Å². The summed E-state index contributed by atoms with van der Waals surface area (Å²) in [7, 11) is 0. The number of hydrogen-bond donors (Lipinski definition) is 2. The maximum Gasteiger partial charge on any atom is 0.0757 e. The predicted molar refractivity (Wildman–Crippen MR) is 120 cm³/mol. The summed E-state index contributed by atoms with van der Waals surface area (Å²) in [5.74, 6) is 4.18. The van der Waals surface area contributed by atoms with E-state index in [1.54, 1.807) is 0 Å². The summed E-state index contributed by atoms with van der Waals surface area (Å²) in [5, 5.41) is 21.5. The Balaban J connectivity index is 1.54. The number of aliphatic hydroxyl groups is 2. The van der Waals surface area contributed by atoms with Crippen molar-refractivity contribution in [2.45, 2.75) is 111 Å². The fourth-order valence-corrected chi connectivity index (χ4v) is 8.65. The van der Waals surface area contributed by atoms with E-state index in [0.29, 0.717) is 23.2 Å². The molecule has 0 spiro atoms. The van der Waals surface area contributed by atoms with Crippen molar-refractivity contribution in [3.8, 4) is 0 Å². The first kappa shape index (κ1) is 21.9. The first-order chi connectivity index (χ1) is 13.7.